The number of rotatable bonds is 5. The van der Waals surface area contributed by atoms with Crippen LogP contribution in [0.4, 0.5) is 0 Å². The van der Waals surface area contributed by atoms with Gasteiger partial charge in [-0.25, -0.2) is 0 Å². The number of hydrogen-bond acceptors (Lipinski definition) is 7. The highest BCUT2D eigenvalue weighted by Crippen LogP contribution is 2.57. The minimum Gasteiger partial charge on any atom is -0.508 e. The molecule has 4 aliphatic rings. The molecule has 2 aromatic carbocycles. The van der Waals surface area contributed by atoms with E-state index in [1.54, 1.807) is 37.3 Å². The van der Waals surface area contributed by atoms with Gasteiger partial charge in [-0.3, -0.25) is 24.1 Å². The quantitative estimate of drug-likeness (QED) is 0.247. The molecule has 216 valence electrons. The number of amides is 2. The Bertz CT molecular complexity index is 1670. The lowest BCUT2D eigenvalue weighted by Gasteiger charge is -2.42. The maximum atomic E-state index is 13.9. The van der Waals surface area contributed by atoms with Gasteiger partial charge in [0.15, 0.2) is 23.1 Å². The van der Waals surface area contributed by atoms with Gasteiger partial charge >= 0.3 is 0 Å². The molecular formula is C32H27Br2NO7. The van der Waals surface area contributed by atoms with Gasteiger partial charge in [-0.15, -0.1) is 0 Å². The van der Waals surface area contributed by atoms with Gasteiger partial charge in [0.2, 0.25) is 11.8 Å². The molecule has 4 atom stereocenters. The van der Waals surface area contributed by atoms with E-state index in [1.165, 1.54) is 18.1 Å². The molecule has 10 heteroatoms. The van der Waals surface area contributed by atoms with Crippen LogP contribution in [0.15, 0.2) is 73.7 Å². The highest BCUT2D eigenvalue weighted by Gasteiger charge is 2.56. The predicted octanol–water partition coefficient (Wildman–Crippen LogP) is 5.30. The number of carbonyl (C=O) groups excluding carboxylic acids is 4. The van der Waals surface area contributed by atoms with Gasteiger partial charge in [0, 0.05) is 33.7 Å². The van der Waals surface area contributed by atoms with Crippen LogP contribution in [0.2, 0.25) is 0 Å². The molecule has 2 N–H and O–H groups in total. The number of imide groups is 1. The molecule has 0 bridgehead atoms. The average Bonchev–Trinajstić information content (AvgIpc) is 3.22. The molecule has 4 unspecified atom stereocenters. The van der Waals surface area contributed by atoms with Crippen molar-refractivity contribution in [3.63, 3.8) is 0 Å². The van der Waals surface area contributed by atoms with Crippen molar-refractivity contribution in [3.8, 4) is 17.2 Å². The number of hydrogen-bond donors (Lipinski definition) is 2. The van der Waals surface area contributed by atoms with Gasteiger partial charge in [0.1, 0.15) is 5.75 Å². The molecule has 1 fully saturated rings. The van der Waals surface area contributed by atoms with E-state index in [9.17, 15) is 29.4 Å². The summed E-state index contributed by atoms with van der Waals surface area (Å²) in [6, 6.07) is 8.30. The molecule has 2 aromatic rings. The van der Waals surface area contributed by atoms with E-state index in [2.05, 4.69) is 31.9 Å². The minimum absolute atomic E-state index is 0.115. The van der Waals surface area contributed by atoms with Crippen molar-refractivity contribution in [3.05, 3.63) is 84.8 Å². The van der Waals surface area contributed by atoms with Gasteiger partial charge in [0.05, 0.1) is 23.4 Å². The molecule has 42 heavy (non-hydrogen) atoms. The second-order valence-corrected chi connectivity index (χ2v) is 12.7. The maximum absolute atomic E-state index is 13.9. The number of Topliss-reactive ketones (excluding diaryl/α,β-unsaturated/α-hetero) is 1. The standard InChI is InChI=1S/C32H27Br2NO7/c1-14-11-22(37)20-12-19-17(24(26(20)29(14)38)21-13-23(42-2)30(39)28(34)27(21)33)7-8-18-25(19)32(41)35(31(18)40)10-9-15-3-5-16(36)6-4-15/h3-7,11,13,18-19,24-25,36,39H,8-10,12H2,1-2H3. The fourth-order valence-corrected chi connectivity index (χ4v) is 7.84. The van der Waals surface area contributed by atoms with Crippen molar-refractivity contribution >= 4 is 55.2 Å². The molecule has 1 aliphatic heterocycles. The van der Waals surface area contributed by atoms with Crippen LogP contribution in [0.5, 0.6) is 17.2 Å². The molecule has 8 nitrogen and oxygen atoms in total. The lowest BCUT2D eigenvalue weighted by molar-refractivity contribution is -0.140. The number of carbonyl (C=O) groups is 4. The van der Waals surface area contributed by atoms with E-state index >= 15 is 0 Å². The van der Waals surface area contributed by atoms with Crippen LogP contribution in [0.1, 0.15) is 36.8 Å². The van der Waals surface area contributed by atoms with Gasteiger partial charge < -0.3 is 14.9 Å². The SMILES string of the molecule is COc1cc(C2C3=CCC4C(=O)N(CCc5ccc(O)cc5)C(=O)C4C3CC3=C2C(=O)C(C)=CC3=O)c(Br)c(Br)c1O. The lowest BCUT2D eigenvalue weighted by atomic mass is 9.59. The largest absolute Gasteiger partial charge is 0.508 e. The monoisotopic (exact) mass is 695 g/mol. The third kappa shape index (κ3) is 4.38. The van der Waals surface area contributed by atoms with Gasteiger partial charge in [-0.05, 0) is 99.4 Å². The van der Waals surface area contributed by atoms with Crippen molar-refractivity contribution in [2.24, 2.45) is 17.8 Å². The maximum Gasteiger partial charge on any atom is 0.233 e. The summed E-state index contributed by atoms with van der Waals surface area (Å²) in [7, 11) is 1.43. The third-order valence-corrected chi connectivity index (χ3v) is 11.1. The van der Waals surface area contributed by atoms with Crippen molar-refractivity contribution < 1.29 is 34.1 Å². The van der Waals surface area contributed by atoms with E-state index in [-0.39, 0.29) is 53.6 Å². The number of phenolic OH excluding ortho intramolecular Hbond substituents is 2. The van der Waals surface area contributed by atoms with E-state index < -0.39 is 23.7 Å². The van der Waals surface area contributed by atoms with Crippen LogP contribution in [0.25, 0.3) is 0 Å². The van der Waals surface area contributed by atoms with Crippen molar-refractivity contribution in [2.75, 3.05) is 13.7 Å². The average molecular weight is 697 g/mol. The summed E-state index contributed by atoms with van der Waals surface area (Å²) >= 11 is 7.00. The molecule has 0 spiro atoms. The van der Waals surface area contributed by atoms with Crippen LogP contribution < -0.4 is 4.74 Å². The molecule has 6 rings (SSSR count). The van der Waals surface area contributed by atoms with Crippen molar-refractivity contribution in [1.82, 2.24) is 4.90 Å². The minimum atomic E-state index is -0.686. The molecule has 2 amide bonds. The van der Waals surface area contributed by atoms with Gasteiger partial charge in [0.25, 0.3) is 0 Å². The van der Waals surface area contributed by atoms with Crippen LogP contribution in [-0.2, 0) is 25.6 Å². The topological polar surface area (TPSA) is 121 Å². The first kappa shape index (κ1) is 28.6. The number of fused-ring (bicyclic) bond motifs is 3. The Morgan fingerprint density at radius 1 is 1.00 bits per heavy atom. The number of allylic oxidation sites excluding steroid dienone is 6. The Labute approximate surface area is 259 Å². The van der Waals surface area contributed by atoms with Crippen LogP contribution >= 0.6 is 31.9 Å². The highest BCUT2D eigenvalue weighted by molar-refractivity contribution is 9.13. The number of aromatic hydroxyl groups is 2. The van der Waals surface area contributed by atoms with Crippen LogP contribution in [-0.4, -0.2) is 52.1 Å². The molecule has 3 aliphatic carbocycles. The van der Waals surface area contributed by atoms with E-state index in [4.69, 9.17) is 4.74 Å². The van der Waals surface area contributed by atoms with Crippen molar-refractivity contribution in [2.45, 2.75) is 32.1 Å². The highest BCUT2D eigenvalue weighted by atomic mass is 79.9. The first-order chi connectivity index (χ1) is 20.0. The van der Waals surface area contributed by atoms with E-state index in [0.717, 1.165) is 11.1 Å². The summed E-state index contributed by atoms with van der Waals surface area (Å²) in [4.78, 5) is 55.8. The Morgan fingerprint density at radius 2 is 1.71 bits per heavy atom. The smallest absolute Gasteiger partial charge is 0.233 e. The molecule has 0 aromatic heterocycles. The summed E-state index contributed by atoms with van der Waals surface area (Å²) in [5.41, 5.74) is 3.37. The normalized spacial score (nSPS) is 25.2. The number of methoxy groups -OCH3 is 1. The molecule has 0 saturated carbocycles. The van der Waals surface area contributed by atoms with Gasteiger partial charge in [-0.1, -0.05) is 23.8 Å². The molecule has 1 saturated heterocycles. The Morgan fingerprint density at radius 3 is 2.40 bits per heavy atom. The zero-order valence-corrected chi connectivity index (χ0v) is 26.0. The summed E-state index contributed by atoms with van der Waals surface area (Å²) < 4.78 is 6.25. The van der Waals surface area contributed by atoms with E-state index in [1.807, 2.05) is 6.08 Å². The van der Waals surface area contributed by atoms with Crippen LogP contribution in [0.3, 0.4) is 0 Å². The zero-order valence-electron chi connectivity index (χ0n) is 22.8. The molecular weight excluding hydrogens is 670 g/mol. The van der Waals surface area contributed by atoms with Crippen LogP contribution in [0, 0.1) is 17.8 Å². The number of likely N-dealkylation sites (tertiary alicyclic amines) is 1. The Hall–Kier alpha value is -3.50. The number of benzene rings is 2. The number of halogens is 2. The Kier molecular flexibility index (Phi) is 7.25. The summed E-state index contributed by atoms with van der Waals surface area (Å²) in [6.07, 6.45) is 4.28. The number of phenols is 2. The Balaban J connectivity index is 1.43. The number of ketones is 2. The summed E-state index contributed by atoms with van der Waals surface area (Å²) in [5.74, 6) is -3.16. The number of ether oxygens (including phenoxy) is 1. The molecule has 1 heterocycles. The molecule has 0 radical (unpaired) electrons. The fourth-order valence-electron chi connectivity index (χ4n) is 6.88. The first-order valence-electron chi connectivity index (χ1n) is 13.6. The summed E-state index contributed by atoms with van der Waals surface area (Å²) in [6.45, 7) is 1.83. The number of nitrogens with zero attached hydrogens (tertiary/aromatic N) is 1. The summed E-state index contributed by atoms with van der Waals surface area (Å²) in [5, 5.41) is 20.2. The van der Waals surface area contributed by atoms with Crippen molar-refractivity contribution in [1.29, 1.82) is 0 Å². The predicted molar refractivity (Wildman–Crippen MR) is 160 cm³/mol. The second kappa shape index (κ2) is 10.6. The lowest BCUT2D eigenvalue weighted by Crippen LogP contribution is -2.40. The first-order valence-corrected chi connectivity index (χ1v) is 15.2. The zero-order chi connectivity index (χ0) is 30.0. The van der Waals surface area contributed by atoms with Gasteiger partial charge in [-0.2, -0.15) is 0 Å². The fraction of sp³-hybridized carbons (Fsp3) is 0.312. The second-order valence-electron chi connectivity index (χ2n) is 11.1. The van der Waals surface area contributed by atoms with E-state index in [0.29, 0.717) is 44.1 Å². The third-order valence-electron chi connectivity index (χ3n) is 8.92.